The van der Waals surface area contributed by atoms with E-state index in [0.29, 0.717) is 0 Å². The molecule has 0 aromatic carbocycles. The van der Waals surface area contributed by atoms with Gasteiger partial charge in [-0.15, -0.1) is 0 Å². The summed E-state index contributed by atoms with van der Waals surface area (Å²) in [6, 6.07) is -1.25. The monoisotopic (exact) mass is 355 g/mol. The molecule has 4 unspecified atom stereocenters. The van der Waals surface area contributed by atoms with Crippen molar-refractivity contribution in [2.75, 3.05) is 7.11 Å². The Kier molecular flexibility index (Phi) is 8.17. The van der Waals surface area contributed by atoms with Crippen molar-refractivity contribution in [2.24, 2.45) is 33.3 Å². The van der Waals surface area contributed by atoms with Crippen molar-refractivity contribution in [1.29, 1.82) is 0 Å². The van der Waals surface area contributed by atoms with Crippen LogP contribution in [0.3, 0.4) is 0 Å². The number of guanidine groups is 1. The van der Waals surface area contributed by atoms with E-state index in [0.717, 1.165) is 12.8 Å². The van der Waals surface area contributed by atoms with Crippen molar-refractivity contribution in [3.8, 4) is 0 Å². The summed E-state index contributed by atoms with van der Waals surface area (Å²) in [5.74, 6) is -2.35. The third kappa shape index (κ3) is 5.91. The molecule has 1 amide bonds. The number of methoxy groups -OCH3 is 1. The first-order valence-corrected chi connectivity index (χ1v) is 8.50. The van der Waals surface area contributed by atoms with E-state index in [-0.39, 0.29) is 30.8 Å². The number of rotatable bonds is 9. The van der Waals surface area contributed by atoms with Crippen LogP contribution in [0.5, 0.6) is 0 Å². The van der Waals surface area contributed by atoms with Gasteiger partial charge in [0.05, 0.1) is 19.1 Å². The van der Waals surface area contributed by atoms with Gasteiger partial charge in [-0.05, 0) is 25.7 Å². The van der Waals surface area contributed by atoms with E-state index in [1.54, 1.807) is 0 Å². The highest BCUT2D eigenvalue weighted by Gasteiger charge is 2.44. The summed E-state index contributed by atoms with van der Waals surface area (Å²) in [6.45, 7) is 3.97. The molecule has 142 valence electrons. The van der Waals surface area contributed by atoms with E-state index >= 15 is 0 Å². The highest BCUT2D eigenvalue weighted by atomic mass is 16.5. The number of carbonyl (C=O) groups excluding carboxylic acids is 1. The van der Waals surface area contributed by atoms with Crippen molar-refractivity contribution in [3.63, 3.8) is 0 Å². The van der Waals surface area contributed by atoms with E-state index in [2.05, 4.69) is 15.3 Å². The predicted octanol–water partition coefficient (Wildman–Crippen LogP) is 0.0873. The van der Waals surface area contributed by atoms with Gasteiger partial charge in [0.1, 0.15) is 6.04 Å². The van der Waals surface area contributed by atoms with Crippen molar-refractivity contribution in [2.45, 2.75) is 57.7 Å². The standard InChI is InChI=1S/C16H29N5O4/c1-4-10(5-2)20-14(22)13(19-8-25-3)11-6-9(15(23)24)7-12(11)21-16(17)18/h8-13H,4-7H2,1-3H3,(H,20,22)(H,23,24)(H4,17,18,21). The summed E-state index contributed by atoms with van der Waals surface area (Å²) in [5.41, 5.74) is 10.9. The van der Waals surface area contributed by atoms with Crippen molar-refractivity contribution in [3.05, 3.63) is 0 Å². The van der Waals surface area contributed by atoms with Gasteiger partial charge < -0.3 is 26.6 Å². The van der Waals surface area contributed by atoms with Crippen LogP contribution in [-0.2, 0) is 14.3 Å². The number of aliphatic imine (C=N–C) groups is 2. The lowest BCUT2D eigenvalue weighted by Crippen LogP contribution is -2.45. The first-order valence-electron chi connectivity index (χ1n) is 8.50. The SMILES string of the molecule is CCC(CC)NC(=O)C(N=COC)C1CC(C(=O)O)CC1N=C(N)N. The van der Waals surface area contributed by atoms with Gasteiger partial charge in [0, 0.05) is 12.0 Å². The molecule has 0 bridgehead atoms. The second-order valence-electron chi connectivity index (χ2n) is 6.25. The Hall–Kier alpha value is -2.32. The number of nitrogens with zero attached hydrogens (tertiary/aromatic N) is 2. The number of carboxylic acid groups (broad SMARTS) is 1. The molecular formula is C16H29N5O4. The Morgan fingerprint density at radius 2 is 1.96 bits per heavy atom. The molecule has 0 heterocycles. The van der Waals surface area contributed by atoms with Crippen LogP contribution in [0, 0.1) is 11.8 Å². The Morgan fingerprint density at radius 1 is 1.32 bits per heavy atom. The minimum absolute atomic E-state index is 0.0333. The van der Waals surface area contributed by atoms with Crippen LogP contribution in [0.25, 0.3) is 0 Å². The Labute approximate surface area is 147 Å². The summed E-state index contributed by atoms with van der Waals surface area (Å²) in [4.78, 5) is 32.4. The molecule has 1 fully saturated rings. The van der Waals surface area contributed by atoms with Crippen LogP contribution in [-0.4, -0.2) is 54.6 Å². The summed E-state index contributed by atoms with van der Waals surface area (Å²) >= 11 is 0. The first-order chi connectivity index (χ1) is 11.8. The number of nitrogens with two attached hydrogens (primary N) is 2. The smallest absolute Gasteiger partial charge is 0.306 e. The van der Waals surface area contributed by atoms with Gasteiger partial charge in [-0.3, -0.25) is 9.59 Å². The lowest BCUT2D eigenvalue weighted by molar-refractivity contribution is -0.141. The fourth-order valence-corrected chi connectivity index (χ4v) is 3.21. The molecule has 0 aromatic rings. The highest BCUT2D eigenvalue weighted by Crippen LogP contribution is 2.37. The minimum atomic E-state index is -0.923. The van der Waals surface area contributed by atoms with Crippen molar-refractivity contribution in [1.82, 2.24) is 5.32 Å². The molecule has 1 aliphatic rings. The van der Waals surface area contributed by atoms with Gasteiger partial charge in [0.25, 0.3) is 0 Å². The zero-order chi connectivity index (χ0) is 19.0. The number of amides is 1. The van der Waals surface area contributed by atoms with E-state index in [1.165, 1.54) is 13.5 Å². The number of ether oxygens (including phenoxy) is 1. The zero-order valence-electron chi connectivity index (χ0n) is 15.0. The van der Waals surface area contributed by atoms with Gasteiger partial charge in [0.2, 0.25) is 5.91 Å². The quantitative estimate of drug-likeness (QED) is 0.339. The number of hydrogen-bond acceptors (Lipinski definition) is 5. The molecule has 4 atom stereocenters. The fourth-order valence-electron chi connectivity index (χ4n) is 3.21. The first kappa shape index (κ1) is 20.7. The molecule has 0 radical (unpaired) electrons. The molecule has 0 spiro atoms. The van der Waals surface area contributed by atoms with Gasteiger partial charge in [-0.1, -0.05) is 13.8 Å². The Morgan fingerprint density at radius 3 is 2.44 bits per heavy atom. The maximum atomic E-state index is 12.7. The van der Waals surface area contributed by atoms with Gasteiger partial charge >= 0.3 is 5.97 Å². The number of nitrogens with one attached hydrogen (secondary N) is 1. The van der Waals surface area contributed by atoms with Crippen LogP contribution in [0.15, 0.2) is 9.98 Å². The second-order valence-corrected chi connectivity index (χ2v) is 6.25. The van der Waals surface area contributed by atoms with Crippen LogP contribution < -0.4 is 16.8 Å². The number of carbonyl (C=O) groups is 2. The molecular weight excluding hydrogens is 326 g/mol. The van der Waals surface area contributed by atoms with Crippen LogP contribution in [0.2, 0.25) is 0 Å². The van der Waals surface area contributed by atoms with Crippen LogP contribution in [0.1, 0.15) is 39.5 Å². The predicted molar refractivity (Wildman–Crippen MR) is 95.2 cm³/mol. The van der Waals surface area contributed by atoms with E-state index in [9.17, 15) is 14.7 Å². The molecule has 6 N–H and O–H groups in total. The maximum absolute atomic E-state index is 12.7. The molecule has 1 aliphatic carbocycles. The van der Waals surface area contributed by atoms with Crippen molar-refractivity contribution < 1.29 is 19.4 Å². The highest BCUT2D eigenvalue weighted by molar-refractivity contribution is 5.84. The molecule has 1 saturated carbocycles. The van der Waals surface area contributed by atoms with Gasteiger partial charge in [0.15, 0.2) is 12.4 Å². The zero-order valence-corrected chi connectivity index (χ0v) is 15.0. The average molecular weight is 355 g/mol. The molecule has 25 heavy (non-hydrogen) atoms. The van der Waals surface area contributed by atoms with Gasteiger partial charge in [-0.25, -0.2) is 9.98 Å². The largest absolute Gasteiger partial charge is 0.487 e. The Bertz CT molecular complexity index is 515. The van der Waals surface area contributed by atoms with Crippen LogP contribution >= 0.6 is 0 Å². The third-order valence-corrected chi connectivity index (χ3v) is 4.57. The topological polar surface area (TPSA) is 152 Å². The van der Waals surface area contributed by atoms with Crippen LogP contribution in [0.4, 0.5) is 0 Å². The normalized spacial score (nSPS) is 24.2. The summed E-state index contributed by atoms with van der Waals surface area (Å²) in [7, 11) is 1.43. The minimum Gasteiger partial charge on any atom is -0.487 e. The van der Waals surface area contributed by atoms with E-state index < -0.39 is 29.9 Å². The number of aliphatic carboxylic acids is 1. The van der Waals surface area contributed by atoms with Crippen molar-refractivity contribution >= 4 is 24.2 Å². The second kappa shape index (κ2) is 9.85. The maximum Gasteiger partial charge on any atom is 0.306 e. The molecule has 0 aliphatic heterocycles. The average Bonchev–Trinajstić information content (AvgIpc) is 2.96. The molecule has 0 aromatic heterocycles. The third-order valence-electron chi connectivity index (χ3n) is 4.57. The van der Waals surface area contributed by atoms with Gasteiger partial charge in [-0.2, -0.15) is 0 Å². The van der Waals surface area contributed by atoms with E-state index in [4.69, 9.17) is 16.2 Å². The lowest BCUT2D eigenvalue weighted by Gasteiger charge is -2.25. The summed E-state index contributed by atoms with van der Waals surface area (Å²) in [5, 5.41) is 12.3. The summed E-state index contributed by atoms with van der Waals surface area (Å²) < 4.78 is 4.86. The fraction of sp³-hybridized carbons (Fsp3) is 0.750. The molecule has 1 rings (SSSR count). The number of hydrogen-bond donors (Lipinski definition) is 4. The number of carboxylic acids is 1. The lowest BCUT2D eigenvalue weighted by atomic mass is 9.93. The molecule has 9 heteroatoms. The molecule has 9 nitrogen and oxygen atoms in total. The summed E-state index contributed by atoms with van der Waals surface area (Å²) in [6.07, 6.45) is 3.33. The van der Waals surface area contributed by atoms with E-state index in [1.807, 2.05) is 13.8 Å². The Balaban J connectivity index is 3.08. The molecule has 0 saturated heterocycles.